The van der Waals surface area contributed by atoms with Gasteiger partial charge in [0, 0.05) is 50.9 Å². The van der Waals surface area contributed by atoms with Crippen molar-refractivity contribution in [3.8, 4) is 17.3 Å². The van der Waals surface area contributed by atoms with Crippen LogP contribution in [0, 0.1) is 17.1 Å². The monoisotopic (exact) mass is 478 g/mol. The number of likely N-dealkylation sites (tertiary alicyclic amines) is 1. The summed E-state index contributed by atoms with van der Waals surface area (Å²) in [5.41, 5.74) is 16.9. The van der Waals surface area contributed by atoms with Gasteiger partial charge in [0.2, 0.25) is 0 Å². The summed E-state index contributed by atoms with van der Waals surface area (Å²) in [6, 6.07) is 4.82. The molecule has 1 fully saturated rings. The van der Waals surface area contributed by atoms with E-state index < -0.39 is 17.6 Å². The topological polar surface area (TPSA) is 135 Å². The molecule has 0 atom stereocenters. The zero-order valence-electron chi connectivity index (χ0n) is 18.6. The Bertz CT molecular complexity index is 1130. The number of nitriles is 1. The number of hydrogen-bond acceptors (Lipinski definition) is 6. The predicted octanol–water partition coefficient (Wildman–Crippen LogP) is 2.53. The molecular weight excluding hydrogens is 452 g/mol. The van der Waals surface area contributed by atoms with Gasteiger partial charge >= 0.3 is 6.18 Å². The van der Waals surface area contributed by atoms with E-state index >= 15 is 0 Å². The minimum atomic E-state index is -4.81. The molecule has 12 heteroatoms. The van der Waals surface area contributed by atoms with Crippen LogP contribution in [0.15, 0.2) is 40.8 Å². The number of halogens is 4. The number of aromatic nitrogens is 2. The number of imidazole rings is 1. The molecule has 2 heterocycles. The largest absolute Gasteiger partial charge is 0.419 e. The molecule has 1 aromatic heterocycles. The number of nitrogens with zero attached hydrogens (tertiary/aromatic N) is 5. The van der Waals surface area contributed by atoms with Gasteiger partial charge in [-0.05, 0) is 31.0 Å². The summed E-state index contributed by atoms with van der Waals surface area (Å²) in [7, 11) is 1.47. The van der Waals surface area contributed by atoms with Crippen molar-refractivity contribution < 1.29 is 17.6 Å². The fraction of sp³-hybridized carbons (Fsp3) is 0.409. The van der Waals surface area contributed by atoms with Gasteiger partial charge in [-0.3, -0.25) is 4.99 Å². The third kappa shape index (κ3) is 5.14. The van der Waals surface area contributed by atoms with Gasteiger partial charge in [0.1, 0.15) is 34.9 Å². The molecule has 0 aliphatic carbocycles. The molecule has 182 valence electrons. The van der Waals surface area contributed by atoms with Crippen molar-refractivity contribution in [2.24, 2.45) is 22.2 Å². The lowest BCUT2D eigenvalue weighted by atomic mass is 9.95. The van der Waals surface area contributed by atoms with Crippen LogP contribution in [0.25, 0.3) is 11.3 Å². The molecule has 0 saturated carbocycles. The van der Waals surface area contributed by atoms with E-state index in [1.807, 2.05) is 15.5 Å². The predicted molar refractivity (Wildman–Crippen MR) is 120 cm³/mol. The summed E-state index contributed by atoms with van der Waals surface area (Å²) in [6.07, 6.45) is -1.89. The van der Waals surface area contributed by atoms with Crippen LogP contribution in [-0.2, 0) is 12.7 Å². The number of amidine groups is 1. The van der Waals surface area contributed by atoms with E-state index in [1.54, 1.807) is 6.20 Å². The van der Waals surface area contributed by atoms with Gasteiger partial charge in [-0.25, -0.2) is 9.37 Å². The summed E-state index contributed by atoms with van der Waals surface area (Å²) in [6.45, 7) is 1.80. The van der Waals surface area contributed by atoms with Crippen LogP contribution in [-0.4, -0.2) is 47.0 Å². The van der Waals surface area contributed by atoms with Gasteiger partial charge in [-0.15, -0.1) is 0 Å². The minimum Gasteiger partial charge on any atom is -0.384 e. The van der Waals surface area contributed by atoms with E-state index in [0.717, 1.165) is 12.1 Å². The van der Waals surface area contributed by atoms with Crippen LogP contribution < -0.4 is 17.2 Å². The van der Waals surface area contributed by atoms with E-state index in [2.05, 4.69) is 9.98 Å². The van der Waals surface area contributed by atoms with Gasteiger partial charge in [-0.1, -0.05) is 0 Å². The van der Waals surface area contributed by atoms with Crippen LogP contribution in [0.5, 0.6) is 0 Å². The molecule has 1 saturated heterocycles. The van der Waals surface area contributed by atoms with E-state index in [-0.39, 0.29) is 28.7 Å². The maximum Gasteiger partial charge on any atom is 0.419 e. The molecule has 0 amide bonds. The van der Waals surface area contributed by atoms with Crippen molar-refractivity contribution in [1.82, 2.24) is 14.5 Å². The third-order valence-electron chi connectivity index (χ3n) is 5.81. The highest BCUT2D eigenvalue weighted by Gasteiger charge is 2.34. The van der Waals surface area contributed by atoms with Crippen LogP contribution in [0.2, 0.25) is 0 Å². The quantitative estimate of drug-likeness (QED) is 0.253. The minimum absolute atomic E-state index is 0.00499. The molecular formula is C22H26F4N8. The van der Waals surface area contributed by atoms with Crippen molar-refractivity contribution in [3.05, 3.63) is 53.0 Å². The molecule has 6 N–H and O–H groups in total. The van der Waals surface area contributed by atoms with Crippen LogP contribution in [0.4, 0.5) is 17.6 Å². The van der Waals surface area contributed by atoms with E-state index in [0.29, 0.717) is 50.5 Å². The molecule has 3 rings (SSSR count). The highest BCUT2D eigenvalue weighted by Crippen LogP contribution is 2.35. The average molecular weight is 478 g/mol. The van der Waals surface area contributed by atoms with E-state index in [4.69, 9.17) is 17.2 Å². The standard InChI is InChI=1S/C22H26F4N8/c1-31-19(29)15(11-28)20(30)33-7-4-13(5-8-33)21-32-18(12-34(21)9-6-27)14-2-3-17(23)16(10-14)22(24,25)26/h2-3,10,12-13H,4-9,27,30H2,1H3,(H2,29,31). The lowest BCUT2D eigenvalue weighted by molar-refractivity contribution is -0.139. The first-order valence-electron chi connectivity index (χ1n) is 10.6. The Kier molecular flexibility index (Phi) is 7.46. The number of nitrogens with two attached hydrogens (primary N) is 3. The lowest BCUT2D eigenvalue weighted by Crippen LogP contribution is -2.38. The molecule has 34 heavy (non-hydrogen) atoms. The molecule has 0 radical (unpaired) electrons. The van der Waals surface area contributed by atoms with Gasteiger partial charge in [0.05, 0.1) is 11.3 Å². The van der Waals surface area contributed by atoms with Crippen molar-refractivity contribution in [2.75, 3.05) is 26.7 Å². The Morgan fingerprint density at radius 2 is 1.94 bits per heavy atom. The summed E-state index contributed by atoms with van der Waals surface area (Å²) >= 11 is 0. The number of benzene rings is 1. The fourth-order valence-corrected chi connectivity index (χ4v) is 4.01. The van der Waals surface area contributed by atoms with Crippen molar-refractivity contribution >= 4 is 5.84 Å². The maximum absolute atomic E-state index is 13.7. The van der Waals surface area contributed by atoms with Crippen LogP contribution >= 0.6 is 0 Å². The molecule has 1 aliphatic rings. The molecule has 1 aliphatic heterocycles. The van der Waals surface area contributed by atoms with Gasteiger partial charge < -0.3 is 26.7 Å². The van der Waals surface area contributed by atoms with E-state index in [9.17, 15) is 22.8 Å². The smallest absolute Gasteiger partial charge is 0.384 e. The zero-order valence-corrected chi connectivity index (χ0v) is 18.6. The SMILES string of the molecule is CN=C(N)C(C#N)=C(N)N1CCC(c2nc(-c3ccc(F)c(C(F)(F)F)c3)cn2CCN)CC1. The van der Waals surface area contributed by atoms with Crippen LogP contribution in [0.3, 0.4) is 0 Å². The number of rotatable bonds is 6. The molecule has 2 aromatic rings. The van der Waals surface area contributed by atoms with E-state index in [1.165, 1.54) is 13.1 Å². The summed E-state index contributed by atoms with van der Waals surface area (Å²) in [5.74, 6) is -0.338. The molecule has 8 nitrogen and oxygen atoms in total. The lowest BCUT2D eigenvalue weighted by Gasteiger charge is -2.33. The Morgan fingerprint density at radius 3 is 2.50 bits per heavy atom. The first-order chi connectivity index (χ1) is 16.1. The maximum atomic E-state index is 13.7. The molecule has 0 bridgehead atoms. The number of alkyl halides is 3. The Hall–Kier alpha value is -3.59. The Morgan fingerprint density at radius 1 is 1.26 bits per heavy atom. The third-order valence-corrected chi connectivity index (χ3v) is 5.81. The normalized spacial score (nSPS) is 16.4. The Balaban J connectivity index is 1.87. The second kappa shape index (κ2) is 10.1. The molecule has 0 spiro atoms. The fourth-order valence-electron chi connectivity index (χ4n) is 4.01. The number of piperidine rings is 1. The van der Waals surface area contributed by atoms with Crippen molar-refractivity contribution in [3.63, 3.8) is 0 Å². The number of hydrogen-bond donors (Lipinski definition) is 3. The second-order valence-corrected chi connectivity index (χ2v) is 7.90. The Labute approximate surface area is 194 Å². The highest BCUT2D eigenvalue weighted by molar-refractivity contribution is 6.00. The first-order valence-corrected chi connectivity index (χ1v) is 10.6. The van der Waals surface area contributed by atoms with Gasteiger partial charge in [-0.2, -0.15) is 18.4 Å². The second-order valence-electron chi connectivity index (χ2n) is 7.90. The average Bonchev–Trinajstić information content (AvgIpc) is 3.23. The van der Waals surface area contributed by atoms with Crippen molar-refractivity contribution in [2.45, 2.75) is 31.5 Å². The van der Waals surface area contributed by atoms with Crippen molar-refractivity contribution in [1.29, 1.82) is 5.26 Å². The number of aliphatic imine (C=N–C) groups is 1. The van der Waals surface area contributed by atoms with Gasteiger partial charge in [0.15, 0.2) is 0 Å². The zero-order chi connectivity index (χ0) is 25.0. The van der Waals surface area contributed by atoms with Gasteiger partial charge in [0.25, 0.3) is 0 Å². The summed E-state index contributed by atoms with van der Waals surface area (Å²) < 4.78 is 55.0. The molecule has 0 unspecified atom stereocenters. The van der Waals surface area contributed by atoms with Crippen LogP contribution in [0.1, 0.15) is 30.1 Å². The summed E-state index contributed by atoms with van der Waals surface area (Å²) in [5, 5.41) is 9.36. The first kappa shape index (κ1) is 25.0. The summed E-state index contributed by atoms with van der Waals surface area (Å²) in [4.78, 5) is 10.3. The highest BCUT2D eigenvalue weighted by atomic mass is 19.4. The molecule has 1 aromatic carbocycles.